The predicted octanol–water partition coefficient (Wildman–Crippen LogP) is 3.15. The number of aryl methyl sites for hydroxylation is 1. The molecule has 0 heterocycles. The van der Waals surface area contributed by atoms with Crippen LogP contribution in [-0.4, -0.2) is 11.5 Å². The molecule has 1 aromatic rings. The van der Waals surface area contributed by atoms with Gasteiger partial charge in [-0.05, 0) is 31.7 Å². The summed E-state index contributed by atoms with van der Waals surface area (Å²) in [6.45, 7) is 6.73. The van der Waals surface area contributed by atoms with Gasteiger partial charge in [-0.15, -0.1) is 0 Å². The molecule has 0 saturated carbocycles. The summed E-state index contributed by atoms with van der Waals surface area (Å²) < 4.78 is 0. The van der Waals surface area contributed by atoms with Gasteiger partial charge in [0.05, 0.1) is 0 Å². The van der Waals surface area contributed by atoms with Gasteiger partial charge in [0, 0.05) is 5.56 Å². The Morgan fingerprint density at radius 1 is 1.00 bits per heavy atom. The first-order valence-corrected chi connectivity index (χ1v) is 6.69. The number of rotatable bonds is 4. The molecule has 0 spiro atoms. The number of hydrogen-bond donors (Lipinski definition) is 0. The largest absolute Gasteiger partial charge is 0.133 e. The lowest BCUT2D eigenvalue weighted by molar-refractivity contribution is 1.31. The van der Waals surface area contributed by atoms with Crippen LogP contribution < -0.4 is 0 Å². The van der Waals surface area contributed by atoms with E-state index in [9.17, 15) is 0 Å². The molecule has 0 radical (unpaired) electrons. The van der Waals surface area contributed by atoms with Crippen molar-refractivity contribution in [2.75, 3.05) is 11.5 Å². The summed E-state index contributed by atoms with van der Waals surface area (Å²) in [6, 6.07) is 8.95. The zero-order chi connectivity index (χ0) is 9.68. The highest BCUT2D eigenvalue weighted by Crippen LogP contribution is 2.10. The number of benzene rings is 1. The van der Waals surface area contributed by atoms with E-state index >= 15 is 0 Å². The van der Waals surface area contributed by atoms with Gasteiger partial charge in [0.15, 0.2) is 0 Å². The van der Waals surface area contributed by atoms with Crippen LogP contribution in [-0.2, 0) is 16.6 Å². The Labute approximate surface area is 84.7 Å². The fraction of sp³-hybridized carbons (Fsp3) is 0.500. The molecule has 0 saturated heterocycles. The first-order valence-electron chi connectivity index (χ1n) is 4.96. The second-order valence-electron chi connectivity index (χ2n) is 3.32. The monoisotopic (exact) mass is 195 g/mol. The van der Waals surface area contributed by atoms with E-state index in [1.807, 2.05) is 0 Å². The zero-order valence-electron chi connectivity index (χ0n) is 8.84. The molecule has 0 N–H and O–H groups in total. The van der Waals surface area contributed by atoms with Crippen molar-refractivity contribution in [3.8, 4) is 0 Å². The van der Waals surface area contributed by atoms with Crippen molar-refractivity contribution in [1.29, 1.82) is 0 Å². The van der Waals surface area contributed by atoms with Crippen LogP contribution in [0.2, 0.25) is 0 Å². The minimum absolute atomic E-state index is 0.604. The smallest absolute Gasteiger partial charge is 0.0589 e. The summed E-state index contributed by atoms with van der Waals surface area (Å²) in [5.41, 5.74) is 2.86. The summed E-state index contributed by atoms with van der Waals surface area (Å²) in [6.07, 6.45) is 0. The molecule has 1 aromatic carbocycles. The zero-order valence-corrected chi connectivity index (χ0v) is 9.66. The summed E-state index contributed by atoms with van der Waals surface area (Å²) >= 11 is 0. The van der Waals surface area contributed by atoms with E-state index in [4.69, 9.17) is 0 Å². The summed E-state index contributed by atoms with van der Waals surface area (Å²) in [5.74, 6) is 3.92. The molecule has 0 aliphatic rings. The Kier molecular flexibility index (Phi) is 4.37. The van der Waals surface area contributed by atoms with Crippen LogP contribution in [0.25, 0.3) is 0 Å². The van der Waals surface area contributed by atoms with E-state index in [1.54, 1.807) is 0 Å². The normalized spacial score (nSPS) is 10.8. The first-order chi connectivity index (χ1) is 6.26. The van der Waals surface area contributed by atoms with Crippen molar-refractivity contribution < 1.29 is 0 Å². The molecule has 0 unspecified atom stereocenters. The van der Waals surface area contributed by atoms with E-state index in [2.05, 4.69) is 45.0 Å². The first kappa shape index (κ1) is 10.6. The van der Waals surface area contributed by atoms with E-state index in [0.717, 1.165) is 0 Å². The van der Waals surface area contributed by atoms with Gasteiger partial charge < -0.3 is 0 Å². The van der Waals surface area contributed by atoms with Crippen molar-refractivity contribution in [3.05, 3.63) is 35.4 Å². The van der Waals surface area contributed by atoms with Crippen LogP contribution in [0.4, 0.5) is 0 Å². The van der Waals surface area contributed by atoms with Crippen molar-refractivity contribution in [1.82, 2.24) is 0 Å². The van der Waals surface area contributed by atoms with Crippen molar-refractivity contribution >= 4 is 10.9 Å². The molecule has 1 rings (SSSR count). The predicted molar refractivity (Wildman–Crippen MR) is 63.3 cm³/mol. The van der Waals surface area contributed by atoms with Crippen molar-refractivity contribution in [3.63, 3.8) is 0 Å². The maximum Gasteiger partial charge on any atom is 0.133 e. The summed E-state index contributed by atoms with van der Waals surface area (Å²) in [7, 11) is 0.604. The Bertz CT molecular complexity index is 234. The van der Waals surface area contributed by atoms with Gasteiger partial charge in [-0.1, -0.05) is 29.8 Å². The molecule has 0 bridgehead atoms. The molecule has 0 aliphatic heterocycles. The summed E-state index contributed by atoms with van der Waals surface area (Å²) in [4.78, 5) is 0. The van der Waals surface area contributed by atoms with Crippen LogP contribution in [0.5, 0.6) is 0 Å². The SMILES string of the molecule is CC[S+](CC)Cc1ccc(C)cc1. The average Bonchev–Trinajstić information content (AvgIpc) is 2.17. The van der Waals surface area contributed by atoms with Crippen LogP contribution in [0, 0.1) is 6.92 Å². The van der Waals surface area contributed by atoms with Gasteiger partial charge in [0.1, 0.15) is 17.3 Å². The highest BCUT2D eigenvalue weighted by Gasteiger charge is 2.12. The van der Waals surface area contributed by atoms with E-state index in [-0.39, 0.29) is 0 Å². The van der Waals surface area contributed by atoms with Crippen LogP contribution in [0.3, 0.4) is 0 Å². The standard InChI is InChI=1S/C12H19S/c1-4-13(5-2)10-12-8-6-11(3)7-9-12/h6-9H,4-5,10H2,1-3H3/q+1. The third-order valence-electron chi connectivity index (χ3n) is 2.31. The summed E-state index contributed by atoms with van der Waals surface area (Å²) in [5, 5.41) is 0. The fourth-order valence-corrected chi connectivity index (χ4v) is 2.81. The topological polar surface area (TPSA) is 0 Å². The van der Waals surface area contributed by atoms with Gasteiger partial charge >= 0.3 is 0 Å². The molecular formula is C12H19S+. The van der Waals surface area contributed by atoms with E-state index < -0.39 is 0 Å². The Balaban J connectivity index is 2.58. The minimum atomic E-state index is 0.604. The molecule has 0 fully saturated rings. The average molecular weight is 195 g/mol. The molecule has 0 aromatic heterocycles. The minimum Gasteiger partial charge on any atom is -0.0589 e. The molecule has 72 valence electrons. The lowest BCUT2D eigenvalue weighted by Crippen LogP contribution is -2.10. The van der Waals surface area contributed by atoms with Gasteiger partial charge in [-0.2, -0.15) is 0 Å². The maximum absolute atomic E-state index is 2.29. The Morgan fingerprint density at radius 2 is 1.54 bits per heavy atom. The third kappa shape index (κ3) is 3.43. The van der Waals surface area contributed by atoms with Gasteiger partial charge in [0.25, 0.3) is 0 Å². The Hall–Kier alpha value is -0.430. The second kappa shape index (κ2) is 5.33. The third-order valence-corrected chi connectivity index (χ3v) is 4.68. The molecule has 1 heteroatoms. The molecule has 13 heavy (non-hydrogen) atoms. The maximum atomic E-state index is 2.29. The van der Waals surface area contributed by atoms with Gasteiger partial charge in [-0.25, -0.2) is 0 Å². The van der Waals surface area contributed by atoms with Gasteiger partial charge in [0.2, 0.25) is 0 Å². The Morgan fingerprint density at radius 3 is 2.00 bits per heavy atom. The van der Waals surface area contributed by atoms with Crippen molar-refractivity contribution in [2.45, 2.75) is 26.5 Å². The quantitative estimate of drug-likeness (QED) is 0.647. The van der Waals surface area contributed by atoms with Crippen LogP contribution in [0.15, 0.2) is 24.3 Å². The van der Waals surface area contributed by atoms with Crippen molar-refractivity contribution in [2.24, 2.45) is 0 Å². The molecule has 0 atom stereocenters. The lowest BCUT2D eigenvalue weighted by atomic mass is 10.2. The molecular weight excluding hydrogens is 176 g/mol. The van der Waals surface area contributed by atoms with E-state index in [1.165, 1.54) is 28.4 Å². The van der Waals surface area contributed by atoms with E-state index in [0.29, 0.717) is 10.9 Å². The second-order valence-corrected chi connectivity index (χ2v) is 5.99. The highest BCUT2D eigenvalue weighted by molar-refractivity contribution is 7.96. The molecule has 0 amide bonds. The van der Waals surface area contributed by atoms with Crippen LogP contribution >= 0.6 is 0 Å². The molecule has 0 nitrogen and oxygen atoms in total. The van der Waals surface area contributed by atoms with Crippen LogP contribution in [0.1, 0.15) is 25.0 Å². The number of hydrogen-bond acceptors (Lipinski definition) is 0. The lowest BCUT2D eigenvalue weighted by Gasteiger charge is -2.04. The fourth-order valence-electron chi connectivity index (χ4n) is 1.33. The van der Waals surface area contributed by atoms with Gasteiger partial charge in [-0.3, -0.25) is 0 Å². The highest BCUT2D eigenvalue weighted by atomic mass is 32.2. The molecule has 0 aliphatic carbocycles.